The number of rotatable bonds is 8. The zero-order valence-corrected chi connectivity index (χ0v) is 23.1. The lowest BCUT2D eigenvalue weighted by Crippen LogP contribution is -2.47. The van der Waals surface area contributed by atoms with Gasteiger partial charge in [0.2, 0.25) is 0 Å². The van der Waals surface area contributed by atoms with Gasteiger partial charge in [-0.1, -0.05) is 0 Å². The Morgan fingerprint density at radius 3 is 2.57 bits per heavy atom. The highest BCUT2D eigenvalue weighted by Crippen LogP contribution is 2.30. The zero-order valence-electron chi connectivity index (χ0n) is 22.3. The van der Waals surface area contributed by atoms with E-state index in [2.05, 4.69) is 5.43 Å². The van der Waals surface area contributed by atoms with E-state index in [0.717, 1.165) is 17.9 Å². The van der Waals surface area contributed by atoms with Crippen LogP contribution in [0.1, 0.15) is 57.9 Å². The first-order valence-electron chi connectivity index (χ1n) is 12.4. The molecule has 1 saturated heterocycles. The number of fused-ring (bicyclic) bond motifs is 1. The Morgan fingerprint density at radius 1 is 1.24 bits per heavy atom. The quantitative estimate of drug-likeness (QED) is 0.313. The number of nitrogens with one attached hydrogen (secondary N) is 1. The van der Waals surface area contributed by atoms with Crippen molar-refractivity contribution in [1.29, 1.82) is 0 Å². The molecule has 0 bridgehead atoms. The summed E-state index contributed by atoms with van der Waals surface area (Å²) in [5, 5.41) is 1.52. The normalized spacial score (nSPS) is 15.9. The summed E-state index contributed by atoms with van der Waals surface area (Å²) in [5.41, 5.74) is 1.61. The number of hydrogen-bond donors (Lipinski definition) is 1. The van der Waals surface area contributed by atoms with E-state index in [0.29, 0.717) is 40.4 Å². The molecule has 0 aliphatic carbocycles. The van der Waals surface area contributed by atoms with Gasteiger partial charge in [0.1, 0.15) is 10.4 Å². The smallest absolute Gasteiger partial charge is 0.426 e. The number of aromatic nitrogens is 2. The first kappa shape index (κ1) is 28.5. The Morgan fingerprint density at radius 2 is 1.97 bits per heavy atom. The molecule has 1 aliphatic rings. The highest BCUT2D eigenvalue weighted by molar-refractivity contribution is 7.18. The van der Waals surface area contributed by atoms with Gasteiger partial charge in [-0.25, -0.2) is 20.0 Å². The molecule has 0 radical (unpaired) electrons. The summed E-state index contributed by atoms with van der Waals surface area (Å²) >= 11 is 1.25. The SMILES string of the molecule is CCOC=CC(=O)N(Cc1sc2c(c1C)c(=O)n(CC)c(=O)n2CC1CCCO1)NC(=O)OC(C)(C)C. The third-order valence-electron chi connectivity index (χ3n) is 5.79. The third-order valence-corrected chi connectivity index (χ3v) is 7.09. The number of thiophene rings is 1. The van der Waals surface area contributed by atoms with Gasteiger partial charge in [-0.3, -0.25) is 18.7 Å². The minimum Gasteiger partial charge on any atom is -0.501 e. The standard InChI is InChI=1S/C25H36N4O7S/c1-7-27-21(31)20-16(3)18(37-22(20)28(24(27)33)14-17-10-9-12-35-17)15-29(19(30)11-13-34-8-2)26-23(32)36-25(4,5)6/h11,13,17H,7-10,12,14-15H2,1-6H3,(H,26,32). The summed E-state index contributed by atoms with van der Waals surface area (Å²) < 4.78 is 19.0. The minimum absolute atomic E-state index is 0.0423. The summed E-state index contributed by atoms with van der Waals surface area (Å²) in [4.78, 5) is 53.1. The molecule has 2 amide bonds. The summed E-state index contributed by atoms with van der Waals surface area (Å²) in [6.07, 6.45) is 3.31. The molecule has 204 valence electrons. The molecule has 1 atom stereocenters. The van der Waals surface area contributed by atoms with E-state index >= 15 is 0 Å². The number of carbonyl (C=O) groups is 2. The maximum absolute atomic E-state index is 13.3. The van der Waals surface area contributed by atoms with Crippen molar-refractivity contribution < 1.29 is 23.8 Å². The van der Waals surface area contributed by atoms with Crippen LogP contribution in [0.15, 0.2) is 21.9 Å². The summed E-state index contributed by atoms with van der Waals surface area (Å²) in [5.74, 6) is -0.543. The maximum Gasteiger partial charge on any atom is 0.426 e. The van der Waals surface area contributed by atoms with Crippen LogP contribution in [0.2, 0.25) is 0 Å². The Balaban J connectivity index is 2.05. The monoisotopic (exact) mass is 536 g/mol. The number of aryl methyl sites for hydroxylation is 1. The summed E-state index contributed by atoms with van der Waals surface area (Å²) in [6.45, 7) is 12.0. The van der Waals surface area contributed by atoms with Crippen molar-refractivity contribution in [2.24, 2.45) is 0 Å². The maximum atomic E-state index is 13.3. The largest absolute Gasteiger partial charge is 0.501 e. The van der Waals surface area contributed by atoms with Crippen LogP contribution >= 0.6 is 11.3 Å². The van der Waals surface area contributed by atoms with Crippen molar-refractivity contribution in [2.45, 2.75) is 85.7 Å². The van der Waals surface area contributed by atoms with Crippen LogP contribution < -0.4 is 16.7 Å². The minimum atomic E-state index is -0.798. The molecule has 3 rings (SSSR count). The molecule has 0 saturated carbocycles. The summed E-state index contributed by atoms with van der Waals surface area (Å²) in [7, 11) is 0. The Kier molecular flexibility index (Phi) is 9.19. The van der Waals surface area contributed by atoms with Gasteiger partial charge in [-0.2, -0.15) is 0 Å². The van der Waals surface area contributed by atoms with E-state index in [-0.39, 0.29) is 30.4 Å². The molecule has 3 heterocycles. The van der Waals surface area contributed by atoms with E-state index in [1.54, 1.807) is 46.1 Å². The molecule has 0 spiro atoms. The van der Waals surface area contributed by atoms with Crippen molar-refractivity contribution in [2.75, 3.05) is 13.2 Å². The van der Waals surface area contributed by atoms with Gasteiger partial charge in [-0.05, 0) is 59.9 Å². The molecular weight excluding hydrogens is 500 g/mol. The lowest BCUT2D eigenvalue weighted by molar-refractivity contribution is -0.129. The fourth-order valence-electron chi connectivity index (χ4n) is 4.04. The van der Waals surface area contributed by atoms with E-state index < -0.39 is 17.6 Å². The molecular formula is C25H36N4O7S. The number of nitrogens with zero attached hydrogens (tertiary/aromatic N) is 3. The number of hydrazine groups is 1. The number of ether oxygens (including phenoxy) is 3. The van der Waals surface area contributed by atoms with Crippen molar-refractivity contribution in [3.8, 4) is 0 Å². The first-order valence-corrected chi connectivity index (χ1v) is 13.2. The fraction of sp³-hybridized carbons (Fsp3) is 0.600. The van der Waals surface area contributed by atoms with Gasteiger partial charge in [0.25, 0.3) is 11.5 Å². The molecule has 1 unspecified atom stereocenters. The number of amides is 2. The van der Waals surface area contributed by atoms with Gasteiger partial charge < -0.3 is 14.2 Å². The second-order valence-electron chi connectivity index (χ2n) is 9.70. The molecule has 11 nitrogen and oxygen atoms in total. The van der Waals surface area contributed by atoms with Gasteiger partial charge in [-0.15, -0.1) is 11.3 Å². The molecule has 2 aromatic heterocycles. The average molecular weight is 537 g/mol. The molecule has 0 aromatic carbocycles. The molecule has 2 aromatic rings. The van der Waals surface area contributed by atoms with E-state index in [1.807, 2.05) is 0 Å². The lowest BCUT2D eigenvalue weighted by Gasteiger charge is -2.25. The second-order valence-corrected chi connectivity index (χ2v) is 10.8. The van der Waals surface area contributed by atoms with Crippen LogP contribution in [0, 0.1) is 6.92 Å². The third kappa shape index (κ3) is 6.80. The van der Waals surface area contributed by atoms with Gasteiger partial charge >= 0.3 is 11.8 Å². The first-order chi connectivity index (χ1) is 17.5. The van der Waals surface area contributed by atoms with Crippen LogP contribution in [-0.4, -0.2) is 51.1 Å². The van der Waals surface area contributed by atoms with Crippen LogP contribution in [0.4, 0.5) is 4.79 Å². The van der Waals surface area contributed by atoms with Gasteiger partial charge in [0, 0.05) is 24.1 Å². The van der Waals surface area contributed by atoms with Crippen LogP contribution in [0.5, 0.6) is 0 Å². The van der Waals surface area contributed by atoms with Crippen LogP contribution in [0.25, 0.3) is 10.2 Å². The van der Waals surface area contributed by atoms with E-state index in [1.165, 1.54) is 28.2 Å². The van der Waals surface area contributed by atoms with Crippen molar-refractivity contribution in [3.05, 3.63) is 43.6 Å². The molecule has 1 aliphatic heterocycles. The molecule has 1 fully saturated rings. The molecule has 12 heteroatoms. The second kappa shape index (κ2) is 12.0. The topological polar surface area (TPSA) is 121 Å². The van der Waals surface area contributed by atoms with Crippen molar-refractivity contribution in [3.63, 3.8) is 0 Å². The van der Waals surface area contributed by atoms with Gasteiger partial charge in [0.05, 0.1) is 37.4 Å². The van der Waals surface area contributed by atoms with Crippen LogP contribution in [0.3, 0.4) is 0 Å². The van der Waals surface area contributed by atoms with Crippen molar-refractivity contribution in [1.82, 2.24) is 19.6 Å². The predicted molar refractivity (Wildman–Crippen MR) is 140 cm³/mol. The Labute approximate surface area is 219 Å². The molecule has 37 heavy (non-hydrogen) atoms. The number of carbonyl (C=O) groups excluding carboxylic acids is 2. The average Bonchev–Trinajstić information content (AvgIpc) is 3.43. The lowest BCUT2D eigenvalue weighted by atomic mass is 10.2. The van der Waals surface area contributed by atoms with E-state index in [4.69, 9.17) is 14.2 Å². The highest BCUT2D eigenvalue weighted by Gasteiger charge is 2.26. The van der Waals surface area contributed by atoms with Gasteiger partial charge in [0.15, 0.2) is 0 Å². The van der Waals surface area contributed by atoms with Crippen molar-refractivity contribution >= 4 is 33.6 Å². The number of hydrogen-bond acceptors (Lipinski definition) is 8. The molecule has 1 N–H and O–H groups in total. The Bertz CT molecular complexity index is 1280. The predicted octanol–water partition coefficient (Wildman–Crippen LogP) is 3.05. The highest BCUT2D eigenvalue weighted by atomic mass is 32.1. The fourth-order valence-corrected chi connectivity index (χ4v) is 5.33. The summed E-state index contributed by atoms with van der Waals surface area (Å²) in [6, 6.07) is 0. The van der Waals surface area contributed by atoms with Crippen LogP contribution in [-0.2, 0) is 38.6 Å². The van der Waals surface area contributed by atoms with E-state index in [9.17, 15) is 19.2 Å². The zero-order chi connectivity index (χ0) is 27.3. The Hall–Kier alpha value is -3.12.